The van der Waals surface area contributed by atoms with Crippen LogP contribution in [0.3, 0.4) is 0 Å². The monoisotopic (exact) mass is 414 g/mol. The van der Waals surface area contributed by atoms with E-state index in [-0.39, 0.29) is 37.2 Å². The van der Waals surface area contributed by atoms with E-state index in [1.807, 2.05) is 19.1 Å². The van der Waals surface area contributed by atoms with Gasteiger partial charge in [-0.3, -0.25) is 19.3 Å². The largest absolute Gasteiger partial charge is 0.372 e. The molecule has 1 atom stereocenters. The van der Waals surface area contributed by atoms with Crippen LogP contribution in [0.15, 0.2) is 48.5 Å². The molecule has 1 aliphatic heterocycles. The van der Waals surface area contributed by atoms with Crippen molar-refractivity contribution in [3.63, 3.8) is 0 Å². The van der Waals surface area contributed by atoms with E-state index in [2.05, 4.69) is 5.32 Å². The van der Waals surface area contributed by atoms with Gasteiger partial charge in [-0.15, -0.1) is 0 Å². The van der Waals surface area contributed by atoms with Crippen LogP contribution in [0, 0.1) is 0 Å². The number of nitrogens with zero attached hydrogens (tertiary/aromatic N) is 1. The zero-order chi connectivity index (χ0) is 21.0. The fraction of sp³-hybridized carbons (Fsp3) is 0.318. The zero-order valence-corrected chi connectivity index (χ0v) is 17.2. The summed E-state index contributed by atoms with van der Waals surface area (Å²) in [6.45, 7) is 2.35. The van der Waals surface area contributed by atoms with Gasteiger partial charge in [0.15, 0.2) is 0 Å². The highest BCUT2D eigenvalue weighted by atomic mass is 35.5. The Hall–Kier alpha value is -2.70. The summed E-state index contributed by atoms with van der Waals surface area (Å²) in [6, 6.07) is 14.1. The second-order valence-corrected chi connectivity index (χ2v) is 7.57. The van der Waals surface area contributed by atoms with Crippen molar-refractivity contribution in [3.8, 4) is 0 Å². The molecule has 1 aliphatic rings. The predicted molar refractivity (Wildman–Crippen MR) is 110 cm³/mol. The Labute approximate surface area is 174 Å². The molecule has 0 spiro atoms. The molecule has 152 valence electrons. The van der Waals surface area contributed by atoms with E-state index < -0.39 is 5.60 Å². The quantitative estimate of drug-likeness (QED) is 0.672. The number of imide groups is 1. The molecule has 2 aromatic carbocycles. The molecule has 1 N–H and O–H groups in total. The summed E-state index contributed by atoms with van der Waals surface area (Å²) >= 11 is 6.06. The number of benzene rings is 2. The minimum atomic E-state index is -0.719. The first-order valence-corrected chi connectivity index (χ1v) is 9.76. The van der Waals surface area contributed by atoms with Crippen LogP contribution in [0.25, 0.3) is 0 Å². The van der Waals surface area contributed by atoms with Crippen LogP contribution in [0.5, 0.6) is 0 Å². The van der Waals surface area contributed by atoms with Crippen molar-refractivity contribution >= 4 is 29.3 Å². The van der Waals surface area contributed by atoms with Crippen LogP contribution in [0.4, 0.5) is 0 Å². The molecule has 0 saturated heterocycles. The Balaban J connectivity index is 1.50. The number of amides is 3. The molecule has 6 nitrogen and oxygen atoms in total. The average Bonchev–Trinajstić information content (AvgIpc) is 2.97. The van der Waals surface area contributed by atoms with Crippen molar-refractivity contribution in [2.75, 3.05) is 20.2 Å². The number of fused-ring (bicyclic) bond motifs is 1. The van der Waals surface area contributed by atoms with Gasteiger partial charge in [-0.25, -0.2) is 0 Å². The fourth-order valence-electron chi connectivity index (χ4n) is 3.31. The molecule has 29 heavy (non-hydrogen) atoms. The topological polar surface area (TPSA) is 75.7 Å². The van der Waals surface area contributed by atoms with Crippen LogP contribution in [-0.4, -0.2) is 42.8 Å². The first kappa shape index (κ1) is 21.0. The molecular weight excluding hydrogens is 392 g/mol. The number of ether oxygens (including phenoxy) is 1. The van der Waals surface area contributed by atoms with Gasteiger partial charge in [-0.05, 0) is 43.2 Å². The van der Waals surface area contributed by atoms with E-state index in [9.17, 15) is 14.4 Å². The van der Waals surface area contributed by atoms with E-state index in [0.29, 0.717) is 22.6 Å². The van der Waals surface area contributed by atoms with E-state index in [0.717, 1.165) is 5.56 Å². The average molecular weight is 415 g/mol. The number of nitrogens with one attached hydrogen (secondary N) is 1. The molecule has 0 fully saturated rings. The number of carbonyl (C=O) groups is 3. The zero-order valence-electron chi connectivity index (χ0n) is 16.4. The normalized spacial score (nSPS) is 15.2. The lowest BCUT2D eigenvalue weighted by atomic mass is 9.95. The van der Waals surface area contributed by atoms with Crippen LogP contribution in [0.2, 0.25) is 5.02 Å². The molecule has 3 rings (SSSR count). The summed E-state index contributed by atoms with van der Waals surface area (Å²) in [5, 5.41) is 3.46. The molecule has 0 radical (unpaired) electrons. The van der Waals surface area contributed by atoms with Gasteiger partial charge in [0.05, 0.1) is 17.7 Å². The van der Waals surface area contributed by atoms with Gasteiger partial charge in [0, 0.05) is 25.1 Å². The number of hydrogen-bond acceptors (Lipinski definition) is 4. The minimum absolute atomic E-state index is 0.174. The maximum Gasteiger partial charge on any atom is 0.261 e. The fourth-order valence-corrected chi connectivity index (χ4v) is 3.50. The second kappa shape index (κ2) is 8.76. The van der Waals surface area contributed by atoms with Crippen molar-refractivity contribution in [1.29, 1.82) is 0 Å². The Kier molecular flexibility index (Phi) is 6.35. The number of methoxy groups -OCH3 is 1. The Morgan fingerprint density at radius 2 is 1.76 bits per heavy atom. The number of hydrogen-bond donors (Lipinski definition) is 1. The molecule has 2 aromatic rings. The smallest absolute Gasteiger partial charge is 0.261 e. The third kappa shape index (κ3) is 4.49. The van der Waals surface area contributed by atoms with Crippen molar-refractivity contribution in [3.05, 3.63) is 70.2 Å². The summed E-state index contributed by atoms with van der Waals surface area (Å²) in [6.07, 6.45) is 0.584. The van der Waals surface area contributed by atoms with Gasteiger partial charge >= 0.3 is 0 Å². The summed E-state index contributed by atoms with van der Waals surface area (Å²) in [4.78, 5) is 38.2. The predicted octanol–water partition coefficient (Wildman–Crippen LogP) is 3.39. The van der Waals surface area contributed by atoms with Gasteiger partial charge in [-0.1, -0.05) is 35.9 Å². The number of halogens is 1. The van der Waals surface area contributed by atoms with Crippen LogP contribution in [0.1, 0.15) is 46.0 Å². The van der Waals surface area contributed by atoms with Gasteiger partial charge < -0.3 is 10.1 Å². The van der Waals surface area contributed by atoms with Crippen molar-refractivity contribution < 1.29 is 19.1 Å². The Morgan fingerprint density at radius 3 is 2.34 bits per heavy atom. The van der Waals surface area contributed by atoms with Gasteiger partial charge in [-0.2, -0.15) is 0 Å². The van der Waals surface area contributed by atoms with Crippen LogP contribution >= 0.6 is 11.6 Å². The summed E-state index contributed by atoms with van der Waals surface area (Å²) in [5.74, 6) is -0.787. The van der Waals surface area contributed by atoms with Crippen molar-refractivity contribution in [2.45, 2.75) is 25.4 Å². The van der Waals surface area contributed by atoms with Gasteiger partial charge in [0.2, 0.25) is 5.91 Å². The standard InChI is InChI=1S/C22H23ClN2O4/c1-22(29-2,15-7-5-8-16(23)13-15)14-24-19(26)11-6-12-25-20(27)17-9-3-4-10-18(17)21(25)28/h3-5,7-10,13H,6,11-12,14H2,1-2H3,(H,24,26). The highest BCUT2D eigenvalue weighted by molar-refractivity contribution is 6.30. The molecule has 1 heterocycles. The number of carbonyl (C=O) groups excluding carboxylic acids is 3. The molecule has 3 amide bonds. The van der Waals surface area contributed by atoms with Crippen molar-refractivity contribution in [2.24, 2.45) is 0 Å². The SMILES string of the molecule is COC(C)(CNC(=O)CCCN1C(=O)c2ccccc2C1=O)c1cccc(Cl)c1. The molecule has 0 aromatic heterocycles. The summed E-state index contributed by atoms with van der Waals surface area (Å²) in [5.41, 5.74) is 0.973. The van der Waals surface area contributed by atoms with E-state index in [1.54, 1.807) is 43.5 Å². The van der Waals surface area contributed by atoms with Crippen LogP contribution < -0.4 is 5.32 Å². The summed E-state index contributed by atoms with van der Waals surface area (Å²) in [7, 11) is 1.58. The lowest BCUT2D eigenvalue weighted by Crippen LogP contribution is -2.40. The third-order valence-corrected chi connectivity index (χ3v) is 5.41. The minimum Gasteiger partial charge on any atom is -0.372 e. The van der Waals surface area contributed by atoms with E-state index >= 15 is 0 Å². The first-order valence-electron chi connectivity index (χ1n) is 9.39. The first-order chi connectivity index (χ1) is 13.9. The lowest BCUT2D eigenvalue weighted by molar-refractivity contribution is -0.122. The molecular formula is C22H23ClN2O4. The molecule has 0 bridgehead atoms. The number of rotatable bonds is 8. The molecule has 0 saturated carbocycles. The van der Waals surface area contributed by atoms with E-state index in [1.165, 1.54) is 4.90 Å². The molecule has 0 aliphatic carbocycles. The Bertz CT molecular complexity index is 911. The maximum absolute atomic E-state index is 12.3. The highest BCUT2D eigenvalue weighted by Gasteiger charge is 2.34. The third-order valence-electron chi connectivity index (χ3n) is 5.17. The van der Waals surface area contributed by atoms with Crippen molar-refractivity contribution in [1.82, 2.24) is 10.2 Å². The van der Waals surface area contributed by atoms with Crippen LogP contribution in [-0.2, 0) is 15.1 Å². The lowest BCUT2D eigenvalue weighted by Gasteiger charge is -2.29. The maximum atomic E-state index is 12.3. The Morgan fingerprint density at radius 1 is 1.10 bits per heavy atom. The van der Waals surface area contributed by atoms with Gasteiger partial charge in [0.25, 0.3) is 11.8 Å². The highest BCUT2D eigenvalue weighted by Crippen LogP contribution is 2.26. The second-order valence-electron chi connectivity index (χ2n) is 7.13. The molecule has 7 heteroatoms. The molecule has 1 unspecified atom stereocenters. The van der Waals surface area contributed by atoms with E-state index in [4.69, 9.17) is 16.3 Å². The summed E-state index contributed by atoms with van der Waals surface area (Å²) < 4.78 is 5.61. The van der Waals surface area contributed by atoms with Gasteiger partial charge in [0.1, 0.15) is 5.60 Å².